The molecule has 1 aromatic rings. The molecule has 0 saturated carbocycles. The van der Waals surface area contributed by atoms with E-state index in [2.05, 4.69) is 31.6 Å². The van der Waals surface area contributed by atoms with E-state index >= 15 is 0 Å². The summed E-state index contributed by atoms with van der Waals surface area (Å²) in [7, 11) is -2.43. The highest BCUT2D eigenvalue weighted by molar-refractivity contribution is 9.10. The van der Waals surface area contributed by atoms with E-state index in [1.54, 1.807) is 0 Å². The summed E-state index contributed by atoms with van der Waals surface area (Å²) in [5.41, 5.74) is 5.25. The quantitative estimate of drug-likeness (QED) is 0.650. The second-order valence-corrected chi connectivity index (χ2v) is 6.60. The number of aromatic nitrogens is 3. The Hall–Kier alpha value is -1.04. The molecular formula is C8H13BrN6O3S. The van der Waals surface area contributed by atoms with Crippen LogP contribution in [0, 0.1) is 0 Å². The third-order valence-electron chi connectivity index (χ3n) is 2.81. The van der Waals surface area contributed by atoms with Crippen molar-refractivity contribution in [3.63, 3.8) is 0 Å². The number of amides is 1. The highest BCUT2D eigenvalue weighted by Gasteiger charge is 2.39. The fourth-order valence-corrected chi connectivity index (χ4v) is 4.56. The van der Waals surface area contributed by atoms with Gasteiger partial charge >= 0.3 is 0 Å². The molecule has 1 atom stereocenters. The molecule has 3 N–H and O–H groups in total. The second kappa shape index (κ2) is 5.15. The van der Waals surface area contributed by atoms with Crippen molar-refractivity contribution in [2.75, 3.05) is 19.6 Å². The van der Waals surface area contributed by atoms with Crippen molar-refractivity contribution in [1.29, 1.82) is 0 Å². The van der Waals surface area contributed by atoms with Gasteiger partial charge in [-0.15, -0.1) is 5.10 Å². The smallest absolute Gasteiger partial charge is 0.263 e. The number of hydrogen-bond acceptors (Lipinski definition) is 6. The molecule has 1 aromatic heterocycles. The zero-order chi connectivity index (χ0) is 14.2. The molecule has 106 valence electrons. The van der Waals surface area contributed by atoms with Gasteiger partial charge in [0.1, 0.15) is 6.04 Å². The summed E-state index contributed by atoms with van der Waals surface area (Å²) < 4.78 is 27.5. The topological polar surface area (TPSA) is 123 Å². The third kappa shape index (κ3) is 2.50. The number of nitrogens with one attached hydrogen (secondary N) is 1. The molecule has 9 nitrogen and oxygen atoms in total. The van der Waals surface area contributed by atoms with Crippen molar-refractivity contribution in [2.24, 2.45) is 12.8 Å². The average Bonchev–Trinajstić information content (AvgIpc) is 2.69. The number of piperazine rings is 1. The lowest BCUT2D eigenvalue weighted by atomic mass is 10.2. The molecular weight excluding hydrogens is 340 g/mol. The number of rotatable bonds is 3. The molecule has 1 saturated heterocycles. The van der Waals surface area contributed by atoms with Crippen LogP contribution in [0.3, 0.4) is 0 Å². The summed E-state index contributed by atoms with van der Waals surface area (Å²) in [6.07, 6.45) is 0. The van der Waals surface area contributed by atoms with E-state index in [1.807, 2.05) is 0 Å². The standard InChI is InChI=1S/C8H13BrN6O3S/c1-14-8(6(9)12-13-14)19(17,18)15-3-2-11-4-5(15)7(10)16/h5,11H,2-4H2,1H3,(H2,10,16). The highest BCUT2D eigenvalue weighted by Crippen LogP contribution is 2.24. The van der Waals surface area contributed by atoms with Crippen molar-refractivity contribution in [2.45, 2.75) is 11.1 Å². The van der Waals surface area contributed by atoms with Gasteiger partial charge in [0.2, 0.25) is 10.9 Å². The Labute approximate surface area is 118 Å². The number of carbonyl (C=O) groups is 1. The van der Waals surface area contributed by atoms with Gasteiger partial charge in [0.25, 0.3) is 10.0 Å². The number of nitrogens with zero attached hydrogens (tertiary/aromatic N) is 4. The molecule has 0 aliphatic carbocycles. The number of sulfonamides is 1. The number of hydrogen-bond donors (Lipinski definition) is 2. The lowest BCUT2D eigenvalue weighted by molar-refractivity contribution is -0.122. The normalized spacial score (nSPS) is 21.5. The van der Waals surface area contributed by atoms with Crippen molar-refractivity contribution < 1.29 is 13.2 Å². The molecule has 0 aromatic carbocycles. The minimum atomic E-state index is -3.89. The monoisotopic (exact) mass is 352 g/mol. The third-order valence-corrected chi connectivity index (χ3v) is 5.61. The molecule has 0 spiro atoms. The zero-order valence-corrected chi connectivity index (χ0v) is 12.5. The number of primary amides is 1. The maximum atomic E-state index is 12.6. The Morgan fingerprint density at radius 3 is 2.79 bits per heavy atom. The first-order valence-corrected chi connectivity index (χ1v) is 7.66. The molecule has 1 unspecified atom stereocenters. The van der Waals surface area contributed by atoms with Gasteiger partial charge in [0.05, 0.1) is 0 Å². The minimum absolute atomic E-state index is 0.0966. The molecule has 0 bridgehead atoms. The summed E-state index contributed by atoms with van der Waals surface area (Å²) in [6.45, 7) is 0.803. The average molecular weight is 353 g/mol. The van der Waals surface area contributed by atoms with Crippen LogP contribution in [0.5, 0.6) is 0 Å². The van der Waals surface area contributed by atoms with Gasteiger partial charge in [0, 0.05) is 26.7 Å². The van der Waals surface area contributed by atoms with Gasteiger partial charge in [-0.3, -0.25) is 4.79 Å². The van der Waals surface area contributed by atoms with Gasteiger partial charge in [-0.05, 0) is 15.9 Å². The van der Waals surface area contributed by atoms with E-state index in [4.69, 9.17) is 5.73 Å². The van der Waals surface area contributed by atoms with E-state index < -0.39 is 22.0 Å². The highest BCUT2D eigenvalue weighted by atomic mass is 79.9. The van der Waals surface area contributed by atoms with E-state index in [-0.39, 0.29) is 22.7 Å². The lowest BCUT2D eigenvalue weighted by Gasteiger charge is -2.32. The molecule has 1 amide bonds. The van der Waals surface area contributed by atoms with Crippen LogP contribution in [-0.4, -0.2) is 59.3 Å². The largest absolute Gasteiger partial charge is 0.368 e. The Kier molecular flexibility index (Phi) is 3.90. The molecule has 2 heterocycles. The van der Waals surface area contributed by atoms with E-state index in [9.17, 15) is 13.2 Å². The molecule has 1 aliphatic heterocycles. The first kappa shape index (κ1) is 14.4. The van der Waals surface area contributed by atoms with Crippen LogP contribution in [0.1, 0.15) is 0 Å². The number of aryl methyl sites for hydroxylation is 1. The van der Waals surface area contributed by atoms with Crippen molar-refractivity contribution in [1.82, 2.24) is 24.6 Å². The van der Waals surface area contributed by atoms with Crippen LogP contribution in [0.15, 0.2) is 9.63 Å². The fraction of sp³-hybridized carbons (Fsp3) is 0.625. The first-order chi connectivity index (χ1) is 8.85. The van der Waals surface area contributed by atoms with E-state index in [1.165, 1.54) is 7.05 Å². The summed E-state index contributed by atoms with van der Waals surface area (Å²) in [6, 6.07) is -0.916. The van der Waals surface area contributed by atoms with Gasteiger partial charge in [-0.1, -0.05) is 5.21 Å². The van der Waals surface area contributed by atoms with Gasteiger partial charge in [-0.25, -0.2) is 13.1 Å². The Morgan fingerprint density at radius 1 is 1.58 bits per heavy atom. The fourth-order valence-electron chi connectivity index (χ4n) is 1.92. The number of carbonyl (C=O) groups excluding carboxylic acids is 1. The second-order valence-electron chi connectivity index (χ2n) is 4.05. The predicted molar refractivity (Wildman–Crippen MR) is 68.4 cm³/mol. The Balaban J connectivity index is 2.46. The lowest BCUT2D eigenvalue weighted by Crippen LogP contribution is -2.58. The van der Waals surface area contributed by atoms with Crippen LogP contribution < -0.4 is 11.1 Å². The molecule has 1 fully saturated rings. The van der Waals surface area contributed by atoms with E-state index in [0.29, 0.717) is 6.54 Å². The molecule has 0 radical (unpaired) electrons. The van der Waals surface area contributed by atoms with Crippen molar-refractivity contribution in [3.8, 4) is 0 Å². The van der Waals surface area contributed by atoms with Crippen LogP contribution in [0.4, 0.5) is 0 Å². The summed E-state index contributed by atoms with van der Waals surface area (Å²) >= 11 is 3.04. The summed E-state index contributed by atoms with van der Waals surface area (Å²) in [5.74, 6) is -0.693. The minimum Gasteiger partial charge on any atom is -0.368 e. The first-order valence-electron chi connectivity index (χ1n) is 5.42. The van der Waals surface area contributed by atoms with Gasteiger partial charge < -0.3 is 11.1 Å². The maximum absolute atomic E-state index is 12.6. The summed E-state index contributed by atoms with van der Waals surface area (Å²) in [5, 5.41) is 10.1. The van der Waals surface area contributed by atoms with Gasteiger partial charge in [-0.2, -0.15) is 4.31 Å². The Morgan fingerprint density at radius 2 is 2.26 bits per heavy atom. The number of nitrogens with two attached hydrogens (primary N) is 1. The van der Waals surface area contributed by atoms with Crippen LogP contribution in [-0.2, 0) is 21.9 Å². The Bertz CT molecular complexity index is 580. The van der Waals surface area contributed by atoms with Gasteiger partial charge in [0.15, 0.2) is 4.60 Å². The predicted octanol–water partition coefficient (Wildman–Crippen LogP) is -1.97. The van der Waals surface area contributed by atoms with E-state index in [0.717, 1.165) is 8.99 Å². The molecule has 1 aliphatic rings. The molecule has 11 heteroatoms. The van der Waals surface area contributed by atoms with Crippen LogP contribution in [0.2, 0.25) is 0 Å². The molecule has 2 rings (SSSR count). The maximum Gasteiger partial charge on any atom is 0.263 e. The summed E-state index contributed by atoms with van der Waals surface area (Å²) in [4.78, 5) is 11.4. The van der Waals surface area contributed by atoms with Crippen molar-refractivity contribution >= 4 is 31.9 Å². The zero-order valence-electron chi connectivity index (χ0n) is 10.1. The SMILES string of the molecule is Cn1nnc(Br)c1S(=O)(=O)N1CCNCC1C(N)=O. The molecule has 19 heavy (non-hydrogen) atoms. The van der Waals surface area contributed by atoms with Crippen LogP contribution >= 0.6 is 15.9 Å². The number of halogens is 1. The van der Waals surface area contributed by atoms with Crippen LogP contribution in [0.25, 0.3) is 0 Å². The van der Waals surface area contributed by atoms with Crippen molar-refractivity contribution in [3.05, 3.63) is 4.60 Å².